The fourth-order valence-corrected chi connectivity index (χ4v) is 4.18. The zero-order valence-corrected chi connectivity index (χ0v) is 14.9. The van der Waals surface area contributed by atoms with Gasteiger partial charge in [0.15, 0.2) is 4.67 Å². The second kappa shape index (κ2) is 6.33. The monoisotopic (exact) mass is 402 g/mol. The van der Waals surface area contributed by atoms with E-state index in [-0.39, 0.29) is 11.7 Å². The molecule has 0 spiro atoms. The summed E-state index contributed by atoms with van der Waals surface area (Å²) in [7, 11) is -3.14. The maximum absolute atomic E-state index is 13.0. The van der Waals surface area contributed by atoms with Crippen molar-refractivity contribution >= 4 is 26.0 Å². The minimum Gasteiger partial charge on any atom is -0.429 e. The summed E-state index contributed by atoms with van der Waals surface area (Å²) >= 11 is 3.38. The molecule has 0 amide bonds. The van der Waals surface area contributed by atoms with Crippen LogP contribution in [0.2, 0.25) is 0 Å². The highest BCUT2D eigenvalue weighted by Crippen LogP contribution is 2.35. The van der Waals surface area contributed by atoms with Crippen molar-refractivity contribution in [2.75, 3.05) is 19.3 Å². The van der Waals surface area contributed by atoms with Crippen LogP contribution in [0.25, 0.3) is 11.5 Å². The molecule has 0 atom stereocenters. The highest BCUT2D eigenvalue weighted by atomic mass is 79.9. The Hall–Kier alpha value is -1.25. The van der Waals surface area contributed by atoms with Crippen molar-refractivity contribution in [2.24, 2.45) is 0 Å². The highest BCUT2D eigenvalue weighted by molar-refractivity contribution is 9.10. The van der Waals surface area contributed by atoms with E-state index in [0.29, 0.717) is 42.1 Å². The van der Waals surface area contributed by atoms with Gasteiger partial charge in [0.25, 0.3) is 0 Å². The van der Waals surface area contributed by atoms with Gasteiger partial charge in [-0.2, -0.15) is 0 Å². The lowest BCUT2D eigenvalue weighted by Gasteiger charge is -2.29. The van der Waals surface area contributed by atoms with Gasteiger partial charge in [0.2, 0.25) is 15.9 Å². The zero-order chi connectivity index (χ0) is 16.6. The van der Waals surface area contributed by atoms with Gasteiger partial charge in [-0.15, -0.1) is 0 Å². The first-order chi connectivity index (χ1) is 10.8. The second-order valence-electron chi connectivity index (χ2n) is 5.62. The molecule has 23 heavy (non-hydrogen) atoms. The van der Waals surface area contributed by atoms with Gasteiger partial charge >= 0.3 is 0 Å². The Morgan fingerprint density at radius 2 is 1.87 bits per heavy atom. The topological polar surface area (TPSA) is 63.4 Å². The summed E-state index contributed by atoms with van der Waals surface area (Å²) in [6.07, 6.45) is 2.62. The molecule has 1 fully saturated rings. The molecule has 0 saturated carbocycles. The maximum atomic E-state index is 13.0. The Morgan fingerprint density at radius 1 is 1.26 bits per heavy atom. The molecule has 0 bridgehead atoms. The number of hydrogen-bond acceptors (Lipinski definition) is 4. The van der Waals surface area contributed by atoms with Crippen LogP contribution in [0.4, 0.5) is 4.39 Å². The molecule has 1 aliphatic heterocycles. The molecular formula is C15H16BrFN2O3S. The van der Waals surface area contributed by atoms with Gasteiger partial charge in [0.1, 0.15) is 5.82 Å². The van der Waals surface area contributed by atoms with E-state index in [9.17, 15) is 12.8 Å². The number of benzene rings is 1. The third kappa shape index (κ3) is 3.64. The quantitative estimate of drug-likeness (QED) is 0.789. The number of piperidine rings is 1. The standard InChI is InChI=1S/C15H16BrFN2O3S/c1-23(20,21)19-8-6-10(7-9-19)13-14(16)22-15(18-13)11-2-4-12(17)5-3-11/h2-5,10H,6-9H2,1H3. The summed E-state index contributed by atoms with van der Waals surface area (Å²) in [6.45, 7) is 0.962. The molecule has 1 aromatic heterocycles. The first-order valence-electron chi connectivity index (χ1n) is 7.22. The maximum Gasteiger partial charge on any atom is 0.227 e. The smallest absolute Gasteiger partial charge is 0.227 e. The molecule has 1 aliphatic rings. The van der Waals surface area contributed by atoms with Gasteiger partial charge in [-0.25, -0.2) is 22.1 Å². The van der Waals surface area contributed by atoms with Crippen LogP contribution in [-0.2, 0) is 10.0 Å². The number of halogens is 2. The Kier molecular flexibility index (Phi) is 4.57. The van der Waals surface area contributed by atoms with Crippen molar-refractivity contribution in [3.05, 3.63) is 40.4 Å². The lowest BCUT2D eigenvalue weighted by molar-refractivity contribution is 0.317. The number of oxazole rings is 1. The second-order valence-corrected chi connectivity index (χ2v) is 8.32. The fraction of sp³-hybridized carbons (Fsp3) is 0.400. The minimum absolute atomic E-state index is 0.139. The molecular weight excluding hydrogens is 387 g/mol. The van der Waals surface area contributed by atoms with E-state index in [1.165, 1.54) is 22.7 Å². The van der Waals surface area contributed by atoms with Crippen LogP contribution >= 0.6 is 15.9 Å². The van der Waals surface area contributed by atoms with E-state index in [0.717, 1.165) is 5.69 Å². The predicted molar refractivity (Wildman–Crippen MR) is 88.0 cm³/mol. The van der Waals surface area contributed by atoms with Gasteiger partial charge in [-0.3, -0.25) is 0 Å². The summed E-state index contributed by atoms with van der Waals surface area (Å²) in [5, 5.41) is 0. The summed E-state index contributed by atoms with van der Waals surface area (Å²) < 4.78 is 43.8. The van der Waals surface area contributed by atoms with Crippen LogP contribution < -0.4 is 0 Å². The molecule has 8 heteroatoms. The van der Waals surface area contributed by atoms with E-state index in [1.807, 2.05) is 0 Å². The van der Waals surface area contributed by atoms with Gasteiger partial charge in [-0.05, 0) is 53.0 Å². The first kappa shape index (κ1) is 16.6. The van der Waals surface area contributed by atoms with Crippen molar-refractivity contribution in [1.29, 1.82) is 0 Å². The fourth-order valence-electron chi connectivity index (χ4n) is 2.74. The summed E-state index contributed by atoms with van der Waals surface area (Å²) in [6, 6.07) is 5.95. The molecule has 0 aliphatic carbocycles. The normalized spacial score (nSPS) is 17.5. The average Bonchev–Trinajstić information content (AvgIpc) is 2.89. The summed E-state index contributed by atoms with van der Waals surface area (Å²) in [5.41, 5.74) is 1.49. The molecule has 3 rings (SSSR count). The number of rotatable bonds is 3. The average molecular weight is 403 g/mol. The third-order valence-electron chi connectivity index (χ3n) is 4.01. The van der Waals surface area contributed by atoms with Crippen LogP contribution in [0.15, 0.2) is 33.4 Å². The van der Waals surface area contributed by atoms with Crippen LogP contribution in [0.5, 0.6) is 0 Å². The van der Waals surface area contributed by atoms with E-state index in [4.69, 9.17) is 4.42 Å². The van der Waals surface area contributed by atoms with Gasteiger partial charge in [-0.1, -0.05) is 0 Å². The van der Waals surface area contributed by atoms with Crippen LogP contribution in [0.3, 0.4) is 0 Å². The van der Waals surface area contributed by atoms with Crippen molar-refractivity contribution in [3.8, 4) is 11.5 Å². The summed E-state index contributed by atoms with van der Waals surface area (Å²) in [5.74, 6) is 0.255. The molecule has 0 radical (unpaired) electrons. The Labute approximate surface area is 142 Å². The van der Waals surface area contributed by atoms with Gasteiger partial charge in [0, 0.05) is 24.6 Å². The first-order valence-corrected chi connectivity index (χ1v) is 9.86. The van der Waals surface area contributed by atoms with Crippen LogP contribution in [-0.4, -0.2) is 37.1 Å². The Morgan fingerprint density at radius 3 is 2.43 bits per heavy atom. The molecule has 124 valence electrons. The van der Waals surface area contributed by atoms with Crippen molar-refractivity contribution < 1.29 is 17.2 Å². The number of sulfonamides is 1. The molecule has 0 N–H and O–H groups in total. The number of hydrogen-bond donors (Lipinski definition) is 0. The van der Waals surface area contributed by atoms with Crippen molar-refractivity contribution in [2.45, 2.75) is 18.8 Å². The number of nitrogens with zero attached hydrogens (tertiary/aromatic N) is 2. The third-order valence-corrected chi connectivity index (χ3v) is 5.88. The molecule has 0 unspecified atom stereocenters. The largest absolute Gasteiger partial charge is 0.429 e. The van der Waals surface area contributed by atoms with E-state index < -0.39 is 10.0 Å². The molecule has 1 saturated heterocycles. The van der Waals surface area contributed by atoms with Gasteiger partial charge < -0.3 is 4.42 Å². The lowest BCUT2D eigenvalue weighted by Crippen LogP contribution is -2.37. The molecule has 1 aromatic carbocycles. The van der Waals surface area contributed by atoms with E-state index in [2.05, 4.69) is 20.9 Å². The van der Waals surface area contributed by atoms with Crippen LogP contribution in [0.1, 0.15) is 24.5 Å². The van der Waals surface area contributed by atoms with Crippen LogP contribution in [0, 0.1) is 5.82 Å². The lowest BCUT2D eigenvalue weighted by atomic mass is 9.95. The minimum atomic E-state index is -3.14. The highest BCUT2D eigenvalue weighted by Gasteiger charge is 2.29. The molecule has 2 aromatic rings. The Balaban J connectivity index is 1.78. The Bertz CT molecular complexity index is 797. The molecule has 2 heterocycles. The molecule has 5 nitrogen and oxygen atoms in total. The van der Waals surface area contributed by atoms with Crippen molar-refractivity contribution in [3.63, 3.8) is 0 Å². The zero-order valence-electron chi connectivity index (χ0n) is 12.5. The van der Waals surface area contributed by atoms with Crippen molar-refractivity contribution in [1.82, 2.24) is 9.29 Å². The van der Waals surface area contributed by atoms with Gasteiger partial charge in [0.05, 0.1) is 11.9 Å². The summed E-state index contributed by atoms with van der Waals surface area (Å²) in [4.78, 5) is 4.52. The SMILES string of the molecule is CS(=O)(=O)N1CCC(c2nc(-c3ccc(F)cc3)oc2Br)CC1. The number of aromatic nitrogens is 1. The predicted octanol–water partition coefficient (Wildman–Crippen LogP) is 3.38. The van der Waals surface area contributed by atoms with E-state index >= 15 is 0 Å². The van der Waals surface area contributed by atoms with E-state index in [1.54, 1.807) is 12.1 Å².